The number of alkyl halides is 3. The summed E-state index contributed by atoms with van der Waals surface area (Å²) in [5, 5.41) is 6.11. The number of halogens is 4. The molecule has 2 N–H and O–H groups in total. The molecule has 2 aromatic rings. The summed E-state index contributed by atoms with van der Waals surface area (Å²) >= 11 is 5.96. The minimum Gasteiger partial charge on any atom is -0.354 e. The highest BCUT2D eigenvalue weighted by Gasteiger charge is 2.32. The van der Waals surface area contributed by atoms with Gasteiger partial charge in [0.15, 0.2) is 0 Å². The van der Waals surface area contributed by atoms with Gasteiger partial charge in [-0.2, -0.15) is 13.2 Å². The molecule has 0 saturated heterocycles. The molecule has 162 valence electrons. The first-order chi connectivity index (χ1) is 14.1. The lowest BCUT2D eigenvalue weighted by molar-refractivity contribution is -0.137. The van der Waals surface area contributed by atoms with Gasteiger partial charge in [-0.25, -0.2) is 9.97 Å². The minimum absolute atomic E-state index is 0.00633. The van der Waals surface area contributed by atoms with Crippen molar-refractivity contribution in [2.75, 3.05) is 11.9 Å². The van der Waals surface area contributed by atoms with Crippen LogP contribution in [-0.4, -0.2) is 28.5 Å². The molecule has 1 fully saturated rings. The molecule has 1 aromatic carbocycles. The van der Waals surface area contributed by atoms with E-state index in [4.69, 9.17) is 11.6 Å². The number of hydrogen-bond acceptors (Lipinski definition) is 4. The third-order valence-corrected chi connectivity index (χ3v) is 5.58. The van der Waals surface area contributed by atoms with Crippen molar-refractivity contribution in [2.45, 2.75) is 51.7 Å². The van der Waals surface area contributed by atoms with Gasteiger partial charge in [-0.15, -0.1) is 0 Å². The highest BCUT2D eigenvalue weighted by molar-refractivity contribution is 6.33. The Morgan fingerprint density at radius 1 is 1.10 bits per heavy atom. The van der Waals surface area contributed by atoms with Crippen LogP contribution in [0.1, 0.15) is 53.0 Å². The van der Waals surface area contributed by atoms with Gasteiger partial charge in [-0.3, -0.25) is 4.79 Å². The van der Waals surface area contributed by atoms with E-state index < -0.39 is 17.6 Å². The maximum absolute atomic E-state index is 12.9. The fourth-order valence-electron chi connectivity index (χ4n) is 3.69. The number of hydrogen-bond donors (Lipinski definition) is 2. The summed E-state index contributed by atoms with van der Waals surface area (Å²) < 4.78 is 38.7. The van der Waals surface area contributed by atoms with E-state index in [0.29, 0.717) is 11.9 Å². The molecule has 0 radical (unpaired) electrons. The van der Waals surface area contributed by atoms with Crippen LogP contribution in [0.25, 0.3) is 0 Å². The number of carbonyl (C=O) groups excluding carboxylic acids is 1. The summed E-state index contributed by atoms with van der Waals surface area (Å²) in [6, 6.07) is 4.61. The zero-order chi connectivity index (χ0) is 21.9. The third kappa shape index (κ3) is 5.84. The average Bonchev–Trinajstić information content (AvgIpc) is 2.66. The molecule has 1 heterocycles. The Balaban J connectivity index is 1.51. The first kappa shape index (κ1) is 22.3. The predicted octanol–water partition coefficient (Wildman–Crippen LogP) is 5.17. The van der Waals surface area contributed by atoms with Gasteiger partial charge >= 0.3 is 6.18 Å². The number of aryl methyl sites for hydroxylation is 2. The van der Waals surface area contributed by atoms with Crippen LogP contribution in [0.2, 0.25) is 5.02 Å². The SMILES string of the molecule is Cc1cc(C)nc(NC[C@H]2CC[C@H](NC(=O)c3cc(C(F)(F)F)ccc3Cl)CC2)n1. The third-order valence-electron chi connectivity index (χ3n) is 5.25. The summed E-state index contributed by atoms with van der Waals surface area (Å²) in [6.45, 7) is 4.58. The largest absolute Gasteiger partial charge is 0.416 e. The van der Waals surface area contributed by atoms with E-state index in [1.807, 2.05) is 19.9 Å². The van der Waals surface area contributed by atoms with Crippen LogP contribution in [0.5, 0.6) is 0 Å². The van der Waals surface area contributed by atoms with Crippen molar-refractivity contribution in [3.05, 3.63) is 51.8 Å². The van der Waals surface area contributed by atoms with E-state index in [-0.39, 0.29) is 16.6 Å². The van der Waals surface area contributed by atoms with Gasteiger partial charge in [0.2, 0.25) is 5.95 Å². The Kier molecular flexibility index (Phi) is 6.85. The number of benzene rings is 1. The second-order valence-electron chi connectivity index (χ2n) is 7.74. The fourth-order valence-corrected chi connectivity index (χ4v) is 3.89. The van der Waals surface area contributed by atoms with Crippen LogP contribution in [-0.2, 0) is 6.18 Å². The lowest BCUT2D eigenvalue weighted by Gasteiger charge is -2.29. The van der Waals surface area contributed by atoms with Crippen LogP contribution in [0.15, 0.2) is 24.3 Å². The van der Waals surface area contributed by atoms with E-state index in [1.165, 1.54) is 0 Å². The molecule has 30 heavy (non-hydrogen) atoms. The van der Waals surface area contributed by atoms with E-state index in [0.717, 1.165) is 61.8 Å². The second kappa shape index (κ2) is 9.20. The minimum atomic E-state index is -4.52. The molecule has 5 nitrogen and oxygen atoms in total. The van der Waals surface area contributed by atoms with Crippen LogP contribution >= 0.6 is 11.6 Å². The maximum atomic E-state index is 12.9. The Labute approximate surface area is 178 Å². The molecular weight excluding hydrogens is 417 g/mol. The quantitative estimate of drug-likeness (QED) is 0.673. The molecule has 1 saturated carbocycles. The van der Waals surface area contributed by atoms with E-state index in [2.05, 4.69) is 20.6 Å². The van der Waals surface area contributed by atoms with Crippen molar-refractivity contribution in [3.8, 4) is 0 Å². The molecule has 0 unspecified atom stereocenters. The smallest absolute Gasteiger partial charge is 0.354 e. The standard InChI is InChI=1S/C21H24ClF3N4O/c1-12-9-13(2)28-20(27-12)26-11-14-3-6-16(7-4-14)29-19(30)17-10-15(21(23,24)25)5-8-18(17)22/h5,8-10,14,16H,3-4,6-7,11H2,1-2H3,(H,29,30)(H,26,27,28)/t14-,16-. The van der Waals surface area contributed by atoms with Gasteiger partial charge in [-0.1, -0.05) is 11.6 Å². The van der Waals surface area contributed by atoms with Crippen molar-refractivity contribution in [2.24, 2.45) is 5.92 Å². The molecular formula is C21H24ClF3N4O. The number of carbonyl (C=O) groups is 1. The Morgan fingerprint density at radius 2 is 1.73 bits per heavy atom. The monoisotopic (exact) mass is 440 g/mol. The Morgan fingerprint density at radius 3 is 2.33 bits per heavy atom. The molecule has 0 atom stereocenters. The van der Waals surface area contributed by atoms with Gasteiger partial charge in [0.25, 0.3) is 5.91 Å². The van der Waals surface area contributed by atoms with Crippen molar-refractivity contribution in [1.82, 2.24) is 15.3 Å². The first-order valence-electron chi connectivity index (χ1n) is 9.85. The summed E-state index contributed by atoms with van der Waals surface area (Å²) in [5.74, 6) is 0.457. The van der Waals surface area contributed by atoms with Gasteiger partial charge in [-0.05, 0) is 69.7 Å². The van der Waals surface area contributed by atoms with Crippen molar-refractivity contribution in [3.63, 3.8) is 0 Å². The number of amides is 1. The average molecular weight is 441 g/mol. The summed E-state index contributed by atoms with van der Waals surface area (Å²) in [6.07, 6.45) is -1.24. The van der Waals surface area contributed by atoms with Gasteiger partial charge in [0, 0.05) is 24.0 Å². The van der Waals surface area contributed by atoms with Crippen LogP contribution < -0.4 is 10.6 Å². The van der Waals surface area contributed by atoms with E-state index in [1.54, 1.807) is 0 Å². The van der Waals surface area contributed by atoms with Crippen LogP contribution in [0.3, 0.4) is 0 Å². The number of rotatable bonds is 5. The van der Waals surface area contributed by atoms with E-state index >= 15 is 0 Å². The van der Waals surface area contributed by atoms with Crippen LogP contribution in [0.4, 0.5) is 19.1 Å². The summed E-state index contributed by atoms with van der Waals surface area (Å²) in [5.41, 5.74) is 0.775. The number of nitrogens with zero attached hydrogens (tertiary/aromatic N) is 2. The number of nitrogens with one attached hydrogen (secondary N) is 2. The topological polar surface area (TPSA) is 66.9 Å². The fraction of sp³-hybridized carbons (Fsp3) is 0.476. The highest BCUT2D eigenvalue weighted by atomic mass is 35.5. The molecule has 9 heteroatoms. The zero-order valence-corrected chi connectivity index (χ0v) is 17.6. The molecule has 1 aliphatic rings. The van der Waals surface area contributed by atoms with Gasteiger partial charge in [0.05, 0.1) is 16.1 Å². The highest BCUT2D eigenvalue weighted by Crippen LogP contribution is 2.32. The lowest BCUT2D eigenvalue weighted by atomic mass is 9.86. The van der Waals surface area contributed by atoms with Crippen LogP contribution in [0, 0.1) is 19.8 Å². The van der Waals surface area contributed by atoms with Gasteiger partial charge < -0.3 is 10.6 Å². The molecule has 0 spiro atoms. The normalized spacial score (nSPS) is 19.4. The summed E-state index contributed by atoms with van der Waals surface area (Å²) in [7, 11) is 0. The molecule has 1 aromatic heterocycles. The molecule has 1 aliphatic carbocycles. The number of anilines is 1. The first-order valence-corrected chi connectivity index (χ1v) is 10.2. The summed E-state index contributed by atoms with van der Waals surface area (Å²) in [4.78, 5) is 21.2. The van der Waals surface area contributed by atoms with Crippen molar-refractivity contribution < 1.29 is 18.0 Å². The predicted molar refractivity (Wildman–Crippen MR) is 110 cm³/mol. The Hall–Kier alpha value is -2.35. The van der Waals surface area contributed by atoms with Crippen molar-refractivity contribution in [1.29, 1.82) is 0 Å². The lowest BCUT2D eigenvalue weighted by Crippen LogP contribution is -2.38. The van der Waals surface area contributed by atoms with E-state index in [9.17, 15) is 18.0 Å². The Bertz CT molecular complexity index is 891. The number of aromatic nitrogens is 2. The molecule has 0 bridgehead atoms. The molecule has 3 rings (SSSR count). The molecule has 0 aliphatic heterocycles. The van der Waals surface area contributed by atoms with Gasteiger partial charge in [0.1, 0.15) is 0 Å². The van der Waals surface area contributed by atoms with Crippen molar-refractivity contribution >= 4 is 23.5 Å². The maximum Gasteiger partial charge on any atom is 0.416 e. The second-order valence-corrected chi connectivity index (χ2v) is 8.15. The molecule has 1 amide bonds. The zero-order valence-electron chi connectivity index (χ0n) is 16.8.